The highest BCUT2D eigenvalue weighted by atomic mass is 16.2. The van der Waals surface area contributed by atoms with Gasteiger partial charge in [0.25, 0.3) is 0 Å². The van der Waals surface area contributed by atoms with Crippen LogP contribution >= 0.6 is 0 Å². The van der Waals surface area contributed by atoms with E-state index in [0.717, 1.165) is 66.1 Å². The molecule has 4 heterocycles. The van der Waals surface area contributed by atoms with Gasteiger partial charge in [-0.1, -0.05) is 0 Å². The number of nitrogens with one attached hydrogen (secondary N) is 3. The smallest absolute Gasteiger partial charge is 0.231 e. The number of benzene rings is 1. The van der Waals surface area contributed by atoms with Gasteiger partial charge in [-0.3, -0.25) is 9.59 Å². The Bertz CT molecular complexity index is 1150. The van der Waals surface area contributed by atoms with E-state index in [1.54, 1.807) is 0 Å². The fourth-order valence-corrected chi connectivity index (χ4v) is 4.45. The number of amides is 2. The molecule has 5 rings (SSSR count). The van der Waals surface area contributed by atoms with Crippen molar-refractivity contribution in [3.05, 3.63) is 36.0 Å². The van der Waals surface area contributed by atoms with Crippen LogP contribution in [-0.4, -0.2) is 39.9 Å². The monoisotopic (exact) mass is 419 g/mol. The van der Waals surface area contributed by atoms with E-state index >= 15 is 0 Å². The first-order valence-electron chi connectivity index (χ1n) is 10.6. The second-order valence-corrected chi connectivity index (χ2v) is 8.26. The average molecular weight is 419 g/mol. The van der Waals surface area contributed by atoms with E-state index in [4.69, 9.17) is 10.7 Å². The van der Waals surface area contributed by atoms with Crippen LogP contribution in [0.1, 0.15) is 31.2 Å². The number of anilines is 4. The summed E-state index contributed by atoms with van der Waals surface area (Å²) in [5.74, 6) is 1.56. The second kappa shape index (κ2) is 7.90. The third-order valence-electron chi connectivity index (χ3n) is 6.06. The Hall–Kier alpha value is -3.62. The Labute approximate surface area is 179 Å². The molecule has 1 aromatic carbocycles. The minimum absolute atomic E-state index is 0.0537. The van der Waals surface area contributed by atoms with Gasteiger partial charge in [-0.05, 0) is 55.0 Å². The molecular formula is C22H25N7O2. The lowest BCUT2D eigenvalue weighted by Gasteiger charge is -2.32. The van der Waals surface area contributed by atoms with Gasteiger partial charge < -0.3 is 26.3 Å². The van der Waals surface area contributed by atoms with Gasteiger partial charge in [0.2, 0.25) is 17.8 Å². The van der Waals surface area contributed by atoms with E-state index in [1.165, 1.54) is 0 Å². The first-order valence-corrected chi connectivity index (χ1v) is 10.6. The Morgan fingerprint density at radius 3 is 2.84 bits per heavy atom. The number of aromatic amines is 1. The maximum atomic E-state index is 11.6. The summed E-state index contributed by atoms with van der Waals surface area (Å²) in [4.78, 5) is 37.7. The van der Waals surface area contributed by atoms with Gasteiger partial charge in [-0.15, -0.1) is 0 Å². The molecule has 160 valence electrons. The zero-order chi connectivity index (χ0) is 21.4. The summed E-state index contributed by atoms with van der Waals surface area (Å²) in [5, 5.41) is 7.20. The number of primary amides is 1. The van der Waals surface area contributed by atoms with Gasteiger partial charge in [0.15, 0.2) is 0 Å². The standard InChI is InChI=1S/C22H25N7O2/c23-18(30)11-13-6-9-29(10-7-13)21-16-5-8-24-20(16)27-22(28-21)25-15-2-3-17-14(12-15)1-4-19(31)26-17/h2-3,5,8,12-13H,1,4,6-7,9-11H2,(H2,23,30)(H,26,31)(H2,24,25,27,28). The van der Waals surface area contributed by atoms with Crippen molar-refractivity contribution in [2.45, 2.75) is 32.1 Å². The number of nitrogens with zero attached hydrogens (tertiary/aromatic N) is 3. The Morgan fingerprint density at radius 2 is 2.03 bits per heavy atom. The summed E-state index contributed by atoms with van der Waals surface area (Å²) in [5.41, 5.74) is 8.98. The minimum Gasteiger partial charge on any atom is -0.370 e. The molecule has 0 unspecified atom stereocenters. The van der Waals surface area contributed by atoms with Gasteiger partial charge in [0.1, 0.15) is 11.5 Å². The molecule has 0 atom stereocenters. The number of H-pyrrole nitrogens is 1. The molecule has 2 aliphatic heterocycles. The SMILES string of the molecule is NC(=O)CC1CCN(c2nc(Nc3ccc4c(c3)CCC(=O)N4)nc3[nH]ccc23)CC1. The molecule has 5 N–H and O–H groups in total. The lowest BCUT2D eigenvalue weighted by molar-refractivity contribution is -0.119. The molecule has 2 aromatic heterocycles. The number of aromatic nitrogens is 3. The van der Waals surface area contributed by atoms with Crippen molar-refractivity contribution in [2.24, 2.45) is 11.7 Å². The Kier molecular flexibility index (Phi) is 4.93. The van der Waals surface area contributed by atoms with E-state index in [0.29, 0.717) is 24.7 Å². The highest BCUT2D eigenvalue weighted by Gasteiger charge is 2.24. The molecule has 31 heavy (non-hydrogen) atoms. The fraction of sp³-hybridized carbons (Fsp3) is 0.364. The molecule has 3 aromatic rings. The molecule has 0 aliphatic carbocycles. The van der Waals surface area contributed by atoms with Crippen molar-refractivity contribution in [3.8, 4) is 0 Å². The summed E-state index contributed by atoms with van der Waals surface area (Å²) in [6.45, 7) is 1.65. The second-order valence-electron chi connectivity index (χ2n) is 8.26. The van der Waals surface area contributed by atoms with E-state index in [9.17, 15) is 9.59 Å². The van der Waals surface area contributed by atoms with Crippen LogP contribution in [0.5, 0.6) is 0 Å². The fourth-order valence-electron chi connectivity index (χ4n) is 4.45. The molecule has 9 heteroatoms. The predicted molar refractivity (Wildman–Crippen MR) is 119 cm³/mol. The van der Waals surface area contributed by atoms with E-state index < -0.39 is 0 Å². The summed E-state index contributed by atoms with van der Waals surface area (Å²) >= 11 is 0. The van der Waals surface area contributed by atoms with Crippen molar-refractivity contribution >= 4 is 46.0 Å². The number of nitrogens with two attached hydrogens (primary N) is 1. The number of carbonyl (C=O) groups is 2. The predicted octanol–water partition coefficient (Wildman–Crippen LogP) is 2.68. The summed E-state index contributed by atoms with van der Waals surface area (Å²) in [7, 11) is 0. The number of carbonyl (C=O) groups excluding carboxylic acids is 2. The molecule has 9 nitrogen and oxygen atoms in total. The molecular weight excluding hydrogens is 394 g/mol. The Morgan fingerprint density at radius 1 is 1.19 bits per heavy atom. The molecule has 0 saturated carbocycles. The number of fused-ring (bicyclic) bond motifs is 2. The topological polar surface area (TPSA) is 129 Å². The summed E-state index contributed by atoms with van der Waals surface area (Å²) < 4.78 is 0. The molecule has 0 radical (unpaired) electrons. The van der Waals surface area contributed by atoms with E-state index in [1.807, 2.05) is 30.5 Å². The summed E-state index contributed by atoms with van der Waals surface area (Å²) in [6, 6.07) is 7.85. The third-order valence-corrected chi connectivity index (χ3v) is 6.06. The molecule has 2 amide bonds. The molecule has 0 bridgehead atoms. The van der Waals surface area contributed by atoms with Gasteiger partial charge in [0, 0.05) is 43.5 Å². The van der Waals surface area contributed by atoms with Crippen LogP contribution in [0.3, 0.4) is 0 Å². The van der Waals surface area contributed by atoms with Crippen LogP contribution in [0.4, 0.5) is 23.1 Å². The molecule has 2 aliphatic rings. The van der Waals surface area contributed by atoms with E-state index in [2.05, 4.69) is 25.5 Å². The van der Waals surface area contributed by atoms with Crippen LogP contribution < -0.4 is 21.3 Å². The molecule has 0 spiro atoms. The van der Waals surface area contributed by atoms with Crippen LogP contribution in [-0.2, 0) is 16.0 Å². The van der Waals surface area contributed by atoms with Crippen LogP contribution in [0.25, 0.3) is 11.0 Å². The number of hydrogen-bond acceptors (Lipinski definition) is 6. The first-order chi connectivity index (χ1) is 15.0. The van der Waals surface area contributed by atoms with Crippen molar-refractivity contribution in [2.75, 3.05) is 28.6 Å². The maximum absolute atomic E-state index is 11.6. The quantitative estimate of drug-likeness (QED) is 0.503. The summed E-state index contributed by atoms with van der Waals surface area (Å²) in [6.07, 6.45) is 5.36. The van der Waals surface area contributed by atoms with Gasteiger partial charge in [-0.25, -0.2) is 0 Å². The van der Waals surface area contributed by atoms with Gasteiger partial charge in [-0.2, -0.15) is 9.97 Å². The van der Waals surface area contributed by atoms with Crippen molar-refractivity contribution in [1.29, 1.82) is 0 Å². The van der Waals surface area contributed by atoms with Crippen LogP contribution in [0.15, 0.2) is 30.5 Å². The Balaban J connectivity index is 1.39. The first kappa shape index (κ1) is 19.3. The minimum atomic E-state index is -0.232. The number of rotatable bonds is 5. The van der Waals surface area contributed by atoms with Crippen LogP contribution in [0.2, 0.25) is 0 Å². The van der Waals surface area contributed by atoms with Crippen molar-refractivity contribution in [1.82, 2.24) is 15.0 Å². The normalized spacial score (nSPS) is 16.8. The third kappa shape index (κ3) is 4.03. The zero-order valence-electron chi connectivity index (χ0n) is 17.1. The number of hydrogen-bond donors (Lipinski definition) is 4. The number of piperidine rings is 1. The lowest BCUT2D eigenvalue weighted by atomic mass is 9.93. The zero-order valence-corrected chi connectivity index (χ0v) is 17.1. The molecule has 1 fully saturated rings. The highest BCUT2D eigenvalue weighted by molar-refractivity contribution is 5.94. The number of aryl methyl sites for hydroxylation is 1. The van der Waals surface area contributed by atoms with Gasteiger partial charge in [0.05, 0.1) is 5.39 Å². The van der Waals surface area contributed by atoms with Gasteiger partial charge >= 0.3 is 0 Å². The van der Waals surface area contributed by atoms with E-state index in [-0.39, 0.29) is 11.8 Å². The molecule has 1 saturated heterocycles. The van der Waals surface area contributed by atoms with Crippen LogP contribution in [0, 0.1) is 5.92 Å². The van der Waals surface area contributed by atoms with Crippen molar-refractivity contribution < 1.29 is 9.59 Å². The maximum Gasteiger partial charge on any atom is 0.231 e. The largest absolute Gasteiger partial charge is 0.370 e. The highest BCUT2D eigenvalue weighted by Crippen LogP contribution is 2.31. The lowest BCUT2D eigenvalue weighted by Crippen LogP contribution is -2.35. The van der Waals surface area contributed by atoms with Crippen molar-refractivity contribution in [3.63, 3.8) is 0 Å². The average Bonchev–Trinajstić information content (AvgIpc) is 3.22.